The summed E-state index contributed by atoms with van der Waals surface area (Å²) in [7, 11) is -0.911. The fraction of sp³-hybridized carbons (Fsp3) is 0.419. The molecule has 5 rings (SSSR count). The first kappa shape index (κ1) is 25.7. The number of halogens is 1. The molecule has 1 unspecified atom stereocenters. The van der Waals surface area contributed by atoms with Crippen molar-refractivity contribution in [2.24, 2.45) is 5.92 Å². The highest BCUT2D eigenvalue weighted by molar-refractivity contribution is 7.85. The van der Waals surface area contributed by atoms with Crippen LogP contribution in [0, 0.1) is 5.92 Å². The van der Waals surface area contributed by atoms with Crippen molar-refractivity contribution in [1.29, 1.82) is 0 Å². The SMILES string of the molecule is O=S(CCC1CCN(Cc2ccc(Cl)cc2)CC1)c1ccc2c(c1)CCN(Cc1ccccc1)CC2. The molecule has 0 aromatic heterocycles. The zero-order chi connectivity index (χ0) is 24.7. The predicted octanol–water partition coefficient (Wildman–Crippen LogP) is 6.35. The van der Waals surface area contributed by atoms with Gasteiger partial charge in [0.15, 0.2) is 0 Å². The third-order valence-electron chi connectivity index (χ3n) is 7.82. The lowest BCUT2D eigenvalue weighted by atomic mass is 9.94. The van der Waals surface area contributed by atoms with Gasteiger partial charge >= 0.3 is 0 Å². The van der Waals surface area contributed by atoms with Crippen molar-refractivity contribution < 1.29 is 4.21 Å². The van der Waals surface area contributed by atoms with E-state index in [-0.39, 0.29) is 0 Å². The second-order valence-corrected chi connectivity index (χ2v) is 12.4. The number of fused-ring (bicyclic) bond motifs is 1. The summed E-state index contributed by atoms with van der Waals surface area (Å²) in [5.74, 6) is 1.46. The van der Waals surface area contributed by atoms with E-state index in [0.717, 1.165) is 74.2 Å². The van der Waals surface area contributed by atoms with Crippen LogP contribution in [-0.4, -0.2) is 45.9 Å². The summed E-state index contributed by atoms with van der Waals surface area (Å²) in [5, 5.41) is 0.796. The first-order valence-corrected chi connectivity index (χ1v) is 15.1. The van der Waals surface area contributed by atoms with Gasteiger partial charge in [0, 0.05) is 41.8 Å². The first-order chi connectivity index (χ1) is 17.6. The van der Waals surface area contributed by atoms with Gasteiger partial charge in [-0.25, -0.2) is 0 Å². The maximum atomic E-state index is 13.2. The summed E-state index contributed by atoms with van der Waals surface area (Å²) in [5.41, 5.74) is 5.53. The summed E-state index contributed by atoms with van der Waals surface area (Å²) in [4.78, 5) is 6.10. The Balaban J connectivity index is 1.08. The van der Waals surface area contributed by atoms with Gasteiger partial charge < -0.3 is 0 Å². The van der Waals surface area contributed by atoms with E-state index >= 15 is 0 Å². The maximum Gasteiger partial charge on any atom is 0.0529 e. The highest BCUT2D eigenvalue weighted by Crippen LogP contribution is 2.25. The quantitative estimate of drug-likeness (QED) is 0.345. The van der Waals surface area contributed by atoms with E-state index in [1.807, 2.05) is 12.1 Å². The normalized spacial score (nSPS) is 18.5. The summed E-state index contributed by atoms with van der Waals surface area (Å²) in [6.45, 7) is 6.39. The van der Waals surface area contributed by atoms with Gasteiger partial charge in [-0.05, 0) is 97.6 Å². The van der Waals surface area contributed by atoms with E-state index in [9.17, 15) is 4.21 Å². The predicted molar refractivity (Wildman–Crippen MR) is 151 cm³/mol. The van der Waals surface area contributed by atoms with Crippen LogP contribution >= 0.6 is 11.6 Å². The largest absolute Gasteiger partial charge is 0.299 e. The molecule has 1 saturated heterocycles. The molecule has 1 fully saturated rings. The van der Waals surface area contributed by atoms with Crippen molar-refractivity contribution in [3.63, 3.8) is 0 Å². The summed E-state index contributed by atoms with van der Waals surface area (Å²) < 4.78 is 13.2. The molecule has 5 heteroatoms. The topological polar surface area (TPSA) is 23.6 Å². The Labute approximate surface area is 223 Å². The molecule has 0 spiro atoms. The second kappa shape index (κ2) is 12.5. The molecule has 0 saturated carbocycles. The van der Waals surface area contributed by atoms with Crippen molar-refractivity contribution in [3.8, 4) is 0 Å². The van der Waals surface area contributed by atoms with Crippen LogP contribution in [-0.2, 0) is 36.7 Å². The molecule has 2 aliphatic heterocycles. The molecule has 2 heterocycles. The average molecular weight is 521 g/mol. The van der Waals surface area contributed by atoms with Gasteiger partial charge in [-0.1, -0.05) is 60.1 Å². The zero-order valence-electron chi connectivity index (χ0n) is 21.1. The summed E-state index contributed by atoms with van der Waals surface area (Å²) >= 11 is 6.01. The molecule has 0 bridgehead atoms. The summed E-state index contributed by atoms with van der Waals surface area (Å²) in [6.07, 6.45) is 5.57. The number of benzene rings is 3. The Hall–Kier alpha value is -1.98. The van der Waals surface area contributed by atoms with Gasteiger partial charge in [0.1, 0.15) is 0 Å². The highest BCUT2D eigenvalue weighted by atomic mass is 35.5. The van der Waals surface area contributed by atoms with Crippen LogP contribution < -0.4 is 0 Å². The van der Waals surface area contributed by atoms with Gasteiger partial charge in [0.2, 0.25) is 0 Å². The highest BCUT2D eigenvalue weighted by Gasteiger charge is 2.21. The molecule has 3 aromatic rings. The minimum Gasteiger partial charge on any atom is -0.299 e. The van der Waals surface area contributed by atoms with Crippen LogP contribution in [0.5, 0.6) is 0 Å². The molecule has 1 atom stereocenters. The van der Waals surface area contributed by atoms with Crippen molar-refractivity contribution in [2.75, 3.05) is 31.9 Å². The Bertz CT molecular complexity index is 1140. The molecule has 0 N–H and O–H groups in total. The average Bonchev–Trinajstić information content (AvgIpc) is 3.12. The summed E-state index contributed by atoms with van der Waals surface area (Å²) in [6, 6.07) is 25.5. The van der Waals surface area contributed by atoms with Gasteiger partial charge in [0.05, 0.1) is 10.8 Å². The van der Waals surface area contributed by atoms with Crippen LogP contribution in [0.25, 0.3) is 0 Å². The lowest BCUT2D eigenvalue weighted by Crippen LogP contribution is -2.33. The van der Waals surface area contributed by atoms with Crippen LogP contribution in [0.2, 0.25) is 5.02 Å². The van der Waals surface area contributed by atoms with Crippen LogP contribution in [0.3, 0.4) is 0 Å². The van der Waals surface area contributed by atoms with Crippen molar-refractivity contribution in [3.05, 3.63) is 100 Å². The number of hydrogen-bond donors (Lipinski definition) is 0. The molecular weight excluding hydrogens is 484 g/mol. The van der Waals surface area contributed by atoms with E-state index in [2.05, 4.69) is 70.5 Å². The monoisotopic (exact) mass is 520 g/mol. The van der Waals surface area contributed by atoms with Crippen molar-refractivity contribution in [1.82, 2.24) is 9.80 Å². The number of rotatable bonds is 8. The minimum absolute atomic E-state index is 0.683. The van der Waals surface area contributed by atoms with E-state index in [4.69, 9.17) is 11.6 Å². The third kappa shape index (κ3) is 7.07. The van der Waals surface area contributed by atoms with Crippen molar-refractivity contribution in [2.45, 2.75) is 50.1 Å². The number of hydrogen-bond acceptors (Lipinski definition) is 3. The minimum atomic E-state index is -0.911. The number of likely N-dealkylation sites (tertiary alicyclic amines) is 1. The third-order valence-corrected chi connectivity index (χ3v) is 9.46. The maximum absolute atomic E-state index is 13.2. The van der Waals surface area contributed by atoms with Gasteiger partial charge in [-0.15, -0.1) is 0 Å². The molecular formula is C31H37ClN2OS. The van der Waals surface area contributed by atoms with Crippen LogP contribution in [0.1, 0.15) is 41.5 Å². The Morgan fingerprint density at radius 1 is 0.750 bits per heavy atom. The standard InChI is InChI=1S/C31H37ClN2OS/c32-30-9-6-27(7-10-30)24-33-17-12-25(13-18-33)16-21-36(35)31-11-8-28-14-19-34(20-15-29(28)22-31)23-26-4-2-1-3-5-26/h1-11,22,25H,12-21,23-24H2. The first-order valence-electron chi connectivity index (χ1n) is 13.4. The van der Waals surface area contributed by atoms with E-state index < -0.39 is 10.8 Å². The molecule has 2 aliphatic rings. The molecule has 3 aromatic carbocycles. The Morgan fingerprint density at radius 2 is 1.39 bits per heavy atom. The molecule has 3 nitrogen and oxygen atoms in total. The molecule has 36 heavy (non-hydrogen) atoms. The lowest BCUT2D eigenvalue weighted by Gasteiger charge is -2.32. The molecule has 0 amide bonds. The number of piperidine rings is 1. The Kier molecular flexibility index (Phi) is 8.92. The van der Waals surface area contributed by atoms with Gasteiger partial charge in [-0.3, -0.25) is 14.0 Å². The van der Waals surface area contributed by atoms with E-state index in [1.165, 1.54) is 35.1 Å². The fourth-order valence-corrected chi connectivity index (χ4v) is 6.96. The Morgan fingerprint density at radius 3 is 2.11 bits per heavy atom. The fourth-order valence-electron chi connectivity index (χ4n) is 5.56. The lowest BCUT2D eigenvalue weighted by molar-refractivity contribution is 0.175. The van der Waals surface area contributed by atoms with E-state index in [0.29, 0.717) is 5.92 Å². The second-order valence-electron chi connectivity index (χ2n) is 10.4. The zero-order valence-corrected chi connectivity index (χ0v) is 22.7. The van der Waals surface area contributed by atoms with Gasteiger partial charge in [0.25, 0.3) is 0 Å². The smallest absolute Gasteiger partial charge is 0.0529 e. The number of nitrogens with zero attached hydrogens (tertiary/aromatic N) is 2. The van der Waals surface area contributed by atoms with Crippen LogP contribution in [0.15, 0.2) is 77.7 Å². The molecule has 0 radical (unpaired) electrons. The van der Waals surface area contributed by atoms with Crippen molar-refractivity contribution >= 4 is 22.4 Å². The molecule has 190 valence electrons. The van der Waals surface area contributed by atoms with E-state index in [1.54, 1.807) is 0 Å². The van der Waals surface area contributed by atoms with Gasteiger partial charge in [-0.2, -0.15) is 0 Å². The molecule has 0 aliphatic carbocycles. The van der Waals surface area contributed by atoms with Crippen LogP contribution in [0.4, 0.5) is 0 Å².